The number of anilines is 2. The van der Waals surface area contributed by atoms with Gasteiger partial charge in [-0.15, -0.1) is 0 Å². The van der Waals surface area contributed by atoms with E-state index >= 15 is 4.39 Å². The number of fused-ring (bicyclic) bond motifs is 1. The molecule has 2 amide bonds. The van der Waals surface area contributed by atoms with Crippen molar-refractivity contribution in [2.45, 2.75) is 124 Å². The summed E-state index contributed by atoms with van der Waals surface area (Å²) in [5, 5.41) is 2.89. The molecule has 2 aromatic rings. The Hall–Kier alpha value is -4.02. The van der Waals surface area contributed by atoms with E-state index in [0.29, 0.717) is 6.42 Å². The van der Waals surface area contributed by atoms with Crippen molar-refractivity contribution >= 4 is 29.5 Å². The van der Waals surface area contributed by atoms with Crippen LogP contribution in [-0.2, 0) is 32.0 Å². The lowest BCUT2D eigenvalue weighted by molar-refractivity contribution is -0.152. The van der Waals surface area contributed by atoms with Gasteiger partial charge in [-0.25, -0.2) is 14.0 Å². The Morgan fingerprint density at radius 2 is 1.55 bits per heavy atom. The van der Waals surface area contributed by atoms with Gasteiger partial charge in [-0.2, -0.15) is 0 Å². The minimum atomic E-state index is -0.841. The number of nitrogens with zero attached hydrogens (tertiary/aromatic N) is 2. The van der Waals surface area contributed by atoms with Gasteiger partial charge in [0.25, 0.3) is 0 Å². The van der Waals surface area contributed by atoms with Gasteiger partial charge in [0.1, 0.15) is 41.4 Å². The van der Waals surface area contributed by atoms with Gasteiger partial charge in [0.05, 0.1) is 11.7 Å². The first-order valence-electron chi connectivity index (χ1n) is 16.2. The fourth-order valence-corrected chi connectivity index (χ4v) is 5.05. The molecule has 2 atom stereocenters. The molecule has 0 spiro atoms. The topological polar surface area (TPSA) is 107 Å². The summed E-state index contributed by atoms with van der Waals surface area (Å²) in [6, 6.07) is 10.0. The standard InChI is InChI=1S/C36H52FN3O7/c1-12-23(2)39(32(42)46-35(6,7)8)21-25-18-26-27(40(25)33(43)47-36(9,10)11)19-28(44-22-24-16-14-13-15-17-24)31(30(26)37)38-20-29(41)45-34(3,4)5/h13-17,19,23,25,38H,12,18,20-22H2,1-11H3/t23-,25-/m1/s1. The number of esters is 1. The number of nitrogens with one attached hydrogen (secondary N) is 1. The average Bonchev–Trinajstić information content (AvgIpc) is 3.30. The smallest absolute Gasteiger partial charge is 0.415 e. The van der Waals surface area contributed by atoms with Gasteiger partial charge in [-0.1, -0.05) is 37.3 Å². The van der Waals surface area contributed by atoms with Gasteiger partial charge in [-0.05, 0) is 81.2 Å². The molecule has 0 aromatic heterocycles. The Morgan fingerprint density at radius 3 is 2.11 bits per heavy atom. The largest absolute Gasteiger partial charge is 0.487 e. The first-order chi connectivity index (χ1) is 21.7. The molecular formula is C36H52FN3O7. The van der Waals surface area contributed by atoms with Gasteiger partial charge in [-0.3, -0.25) is 9.69 Å². The van der Waals surface area contributed by atoms with Crippen LogP contribution >= 0.6 is 0 Å². The van der Waals surface area contributed by atoms with Crippen molar-refractivity contribution < 1.29 is 37.7 Å². The van der Waals surface area contributed by atoms with Crippen molar-refractivity contribution in [3.8, 4) is 5.75 Å². The average molecular weight is 658 g/mol. The zero-order valence-electron chi connectivity index (χ0n) is 29.8. The van der Waals surface area contributed by atoms with Crippen molar-refractivity contribution in [1.29, 1.82) is 0 Å². The van der Waals surface area contributed by atoms with E-state index in [4.69, 9.17) is 18.9 Å². The van der Waals surface area contributed by atoms with Gasteiger partial charge < -0.3 is 29.2 Å². The summed E-state index contributed by atoms with van der Waals surface area (Å²) in [5.74, 6) is -1.13. The molecule has 0 bridgehead atoms. The maximum Gasteiger partial charge on any atom is 0.415 e. The molecule has 10 nitrogen and oxygen atoms in total. The van der Waals surface area contributed by atoms with Crippen molar-refractivity contribution in [1.82, 2.24) is 4.90 Å². The van der Waals surface area contributed by atoms with Gasteiger partial charge in [0.15, 0.2) is 5.82 Å². The predicted molar refractivity (Wildman–Crippen MR) is 180 cm³/mol. The number of benzene rings is 2. The van der Waals surface area contributed by atoms with E-state index in [1.54, 1.807) is 73.3 Å². The number of amides is 2. The Morgan fingerprint density at radius 1 is 0.957 bits per heavy atom. The minimum absolute atomic E-state index is 0.0266. The normalized spacial score (nSPS) is 15.4. The van der Waals surface area contributed by atoms with Gasteiger partial charge >= 0.3 is 18.2 Å². The lowest BCUT2D eigenvalue weighted by atomic mass is 10.1. The van der Waals surface area contributed by atoms with E-state index in [2.05, 4.69) is 5.32 Å². The first kappa shape index (κ1) is 37.4. The van der Waals surface area contributed by atoms with Crippen LogP contribution in [0.2, 0.25) is 0 Å². The third kappa shape index (κ3) is 10.8. The van der Waals surface area contributed by atoms with E-state index in [-0.39, 0.29) is 54.8 Å². The lowest BCUT2D eigenvalue weighted by Gasteiger charge is -2.36. The molecule has 47 heavy (non-hydrogen) atoms. The molecule has 0 aliphatic carbocycles. The summed E-state index contributed by atoms with van der Waals surface area (Å²) in [4.78, 5) is 42.8. The molecule has 0 unspecified atom stereocenters. The van der Waals surface area contributed by atoms with E-state index in [0.717, 1.165) is 5.56 Å². The number of halogens is 1. The summed E-state index contributed by atoms with van der Waals surface area (Å²) in [7, 11) is 0. The van der Waals surface area contributed by atoms with Crippen molar-refractivity contribution in [3.63, 3.8) is 0 Å². The van der Waals surface area contributed by atoms with Crippen LogP contribution in [-0.4, -0.2) is 65.0 Å². The molecule has 260 valence electrons. The second kappa shape index (κ2) is 14.8. The van der Waals surface area contributed by atoms with Crippen LogP contribution in [0.5, 0.6) is 5.75 Å². The van der Waals surface area contributed by atoms with Crippen LogP contribution in [0.1, 0.15) is 93.7 Å². The SMILES string of the molecule is CC[C@@H](C)N(C[C@H]1Cc2c(cc(OCc3ccccc3)c(NCC(=O)OC(C)(C)C)c2F)N1C(=O)OC(C)(C)C)C(=O)OC(C)(C)C. The summed E-state index contributed by atoms with van der Waals surface area (Å²) in [6.45, 7) is 19.6. The third-order valence-corrected chi connectivity index (χ3v) is 7.19. The molecular weight excluding hydrogens is 605 g/mol. The molecule has 1 N–H and O–H groups in total. The number of rotatable bonds is 10. The molecule has 1 heterocycles. The van der Waals surface area contributed by atoms with Gasteiger partial charge in [0.2, 0.25) is 0 Å². The summed E-state index contributed by atoms with van der Waals surface area (Å²) >= 11 is 0. The van der Waals surface area contributed by atoms with E-state index < -0.39 is 46.8 Å². The second-order valence-corrected chi connectivity index (χ2v) is 14.9. The summed E-state index contributed by atoms with van der Waals surface area (Å²) < 4.78 is 39.7. The Kier molecular flexibility index (Phi) is 11.8. The Balaban J connectivity index is 2.10. The molecule has 3 rings (SSSR count). The number of ether oxygens (including phenoxy) is 4. The molecule has 0 saturated carbocycles. The molecule has 0 saturated heterocycles. The summed E-state index contributed by atoms with van der Waals surface area (Å²) in [5.41, 5.74) is -0.993. The minimum Gasteiger partial charge on any atom is -0.487 e. The quantitative estimate of drug-likeness (QED) is 0.203. The van der Waals surface area contributed by atoms with E-state index in [9.17, 15) is 14.4 Å². The zero-order chi connectivity index (χ0) is 35.3. The number of carbonyl (C=O) groups is 3. The second-order valence-electron chi connectivity index (χ2n) is 14.9. The first-order valence-corrected chi connectivity index (χ1v) is 16.2. The Bertz CT molecular complexity index is 1410. The fourth-order valence-electron chi connectivity index (χ4n) is 5.05. The maximum absolute atomic E-state index is 16.7. The van der Waals surface area contributed by atoms with Crippen molar-refractivity contribution in [2.24, 2.45) is 0 Å². The molecule has 0 radical (unpaired) electrons. The predicted octanol–water partition coefficient (Wildman–Crippen LogP) is 7.86. The van der Waals surface area contributed by atoms with Crippen molar-refractivity contribution in [2.75, 3.05) is 23.3 Å². The van der Waals surface area contributed by atoms with Crippen LogP contribution in [0.25, 0.3) is 0 Å². The molecule has 11 heteroatoms. The fraction of sp³-hybridized carbons (Fsp3) is 0.583. The van der Waals surface area contributed by atoms with Crippen LogP contribution in [0.4, 0.5) is 25.4 Å². The van der Waals surface area contributed by atoms with Crippen LogP contribution in [0.3, 0.4) is 0 Å². The Labute approximate surface area is 278 Å². The van der Waals surface area contributed by atoms with Crippen LogP contribution in [0, 0.1) is 5.82 Å². The van der Waals surface area contributed by atoms with E-state index in [1.165, 1.54) is 4.90 Å². The third-order valence-electron chi connectivity index (χ3n) is 7.19. The van der Waals surface area contributed by atoms with Crippen molar-refractivity contribution in [3.05, 3.63) is 53.3 Å². The maximum atomic E-state index is 16.7. The molecule has 1 aliphatic heterocycles. The highest BCUT2D eigenvalue weighted by Crippen LogP contribution is 2.44. The van der Waals surface area contributed by atoms with Gasteiger partial charge in [0, 0.05) is 30.6 Å². The highest BCUT2D eigenvalue weighted by molar-refractivity contribution is 5.93. The number of hydrogen-bond donors (Lipinski definition) is 1. The van der Waals surface area contributed by atoms with E-state index in [1.807, 2.05) is 44.2 Å². The highest BCUT2D eigenvalue weighted by atomic mass is 19.1. The van der Waals surface area contributed by atoms with Crippen LogP contribution < -0.4 is 15.0 Å². The highest BCUT2D eigenvalue weighted by Gasteiger charge is 2.42. The zero-order valence-corrected chi connectivity index (χ0v) is 29.8. The summed E-state index contributed by atoms with van der Waals surface area (Å²) in [6.07, 6.45) is -0.497. The number of carbonyl (C=O) groups excluding carboxylic acids is 3. The van der Waals surface area contributed by atoms with Crippen LogP contribution in [0.15, 0.2) is 36.4 Å². The molecule has 0 fully saturated rings. The number of hydrogen-bond acceptors (Lipinski definition) is 8. The molecule has 2 aromatic carbocycles. The monoisotopic (exact) mass is 657 g/mol. The lowest BCUT2D eigenvalue weighted by Crippen LogP contribution is -2.51. The molecule has 1 aliphatic rings.